The van der Waals surface area contributed by atoms with Crippen LogP contribution in [0.3, 0.4) is 0 Å². The van der Waals surface area contributed by atoms with Gasteiger partial charge >= 0.3 is 0 Å². The van der Waals surface area contributed by atoms with Crippen molar-refractivity contribution in [3.8, 4) is 0 Å². The summed E-state index contributed by atoms with van der Waals surface area (Å²) in [6, 6.07) is 2.07. The lowest BCUT2D eigenvalue weighted by Gasteiger charge is -2.36. The molecule has 0 aromatic carbocycles. The molecule has 2 rings (SSSR count). The van der Waals surface area contributed by atoms with Crippen molar-refractivity contribution in [1.82, 2.24) is 9.47 Å². The molecule has 0 radical (unpaired) electrons. The Bertz CT molecular complexity index is 542. The van der Waals surface area contributed by atoms with Crippen LogP contribution in [0.15, 0.2) is 10.9 Å². The number of likely N-dealkylation sites (N-methyl/N-ethyl adjacent to an activating group) is 1. The Morgan fingerprint density at radius 3 is 2.38 bits per heavy atom. The third kappa shape index (κ3) is 3.40. The zero-order chi connectivity index (χ0) is 15.6. The van der Waals surface area contributed by atoms with Gasteiger partial charge in [0.15, 0.2) is 0 Å². The fraction of sp³-hybridized carbons (Fsp3) is 0.688. The van der Waals surface area contributed by atoms with Crippen LogP contribution < -0.4 is 16.2 Å². The summed E-state index contributed by atoms with van der Waals surface area (Å²) in [6.45, 7) is 14.1. The maximum Gasteiger partial charge on any atom is 0.276 e. The maximum absolute atomic E-state index is 12.5. The number of hydrogen-bond donors (Lipinski definition) is 1. The zero-order valence-corrected chi connectivity index (χ0v) is 13.7. The molecule has 5 heteroatoms. The number of anilines is 2. The first-order valence-corrected chi connectivity index (χ1v) is 7.91. The second-order valence-corrected chi connectivity index (χ2v) is 6.32. The van der Waals surface area contributed by atoms with Crippen molar-refractivity contribution in [3.63, 3.8) is 0 Å². The lowest BCUT2D eigenvalue weighted by molar-refractivity contribution is 0.271. The van der Waals surface area contributed by atoms with Gasteiger partial charge in [-0.25, -0.2) is 0 Å². The van der Waals surface area contributed by atoms with Crippen molar-refractivity contribution in [2.45, 2.75) is 34.2 Å². The quantitative estimate of drug-likeness (QED) is 0.914. The number of nitrogens with two attached hydrogens (primary N) is 1. The SMILES string of the molecule is CCN1CCN(c2cc(C)n(CC(C)C)c(=O)c2N)CC1. The normalized spacial score (nSPS) is 16.7. The summed E-state index contributed by atoms with van der Waals surface area (Å²) in [5, 5.41) is 0. The van der Waals surface area contributed by atoms with Gasteiger partial charge in [-0.05, 0) is 25.5 Å². The number of pyridine rings is 1. The number of piperazine rings is 1. The third-order valence-corrected chi connectivity index (χ3v) is 4.23. The first-order valence-electron chi connectivity index (χ1n) is 7.91. The largest absolute Gasteiger partial charge is 0.393 e. The Labute approximate surface area is 127 Å². The van der Waals surface area contributed by atoms with Crippen LogP contribution in [0.4, 0.5) is 11.4 Å². The third-order valence-electron chi connectivity index (χ3n) is 4.23. The highest BCUT2D eigenvalue weighted by molar-refractivity contribution is 5.67. The van der Waals surface area contributed by atoms with Crippen LogP contribution in [0.1, 0.15) is 26.5 Å². The van der Waals surface area contributed by atoms with Gasteiger partial charge in [-0.3, -0.25) is 4.79 Å². The summed E-state index contributed by atoms with van der Waals surface area (Å²) in [6.07, 6.45) is 0. The van der Waals surface area contributed by atoms with E-state index in [9.17, 15) is 4.79 Å². The fourth-order valence-electron chi connectivity index (χ4n) is 2.93. The summed E-state index contributed by atoms with van der Waals surface area (Å²) in [5.74, 6) is 0.430. The molecular formula is C16H28N4O. The molecule has 2 heterocycles. The number of aromatic nitrogens is 1. The second kappa shape index (κ2) is 6.52. The molecule has 1 saturated heterocycles. The van der Waals surface area contributed by atoms with E-state index in [1.165, 1.54) is 0 Å². The van der Waals surface area contributed by atoms with Gasteiger partial charge in [0, 0.05) is 38.4 Å². The highest BCUT2D eigenvalue weighted by atomic mass is 16.1. The van der Waals surface area contributed by atoms with Gasteiger partial charge in [0.1, 0.15) is 5.69 Å². The molecule has 118 valence electrons. The molecule has 1 aromatic rings. The van der Waals surface area contributed by atoms with Gasteiger partial charge in [-0.2, -0.15) is 0 Å². The van der Waals surface area contributed by atoms with E-state index in [2.05, 4.69) is 36.6 Å². The molecule has 0 aliphatic carbocycles. The van der Waals surface area contributed by atoms with Crippen molar-refractivity contribution in [3.05, 3.63) is 22.1 Å². The molecular weight excluding hydrogens is 264 g/mol. The minimum atomic E-state index is -0.0448. The maximum atomic E-state index is 12.5. The van der Waals surface area contributed by atoms with Crippen molar-refractivity contribution >= 4 is 11.4 Å². The average molecular weight is 292 g/mol. The molecule has 1 fully saturated rings. The number of aryl methyl sites for hydroxylation is 1. The number of rotatable bonds is 4. The molecule has 5 nitrogen and oxygen atoms in total. The van der Waals surface area contributed by atoms with E-state index in [4.69, 9.17) is 5.73 Å². The monoisotopic (exact) mass is 292 g/mol. The smallest absolute Gasteiger partial charge is 0.276 e. The number of hydrogen-bond acceptors (Lipinski definition) is 4. The lowest BCUT2D eigenvalue weighted by atomic mass is 10.2. The first-order chi connectivity index (χ1) is 9.93. The molecule has 0 amide bonds. The zero-order valence-electron chi connectivity index (χ0n) is 13.7. The summed E-state index contributed by atoms with van der Waals surface area (Å²) in [5.41, 5.74) is 8.39. The van der Waals surface area contributed by atoms with E-state index < -0.39 is 0 Å². The highest BCUT2D eigenvalue weighted by Crippen LogP contribution is 2.23. The molecule has 0 bridgehead atoms. The molecule has 1 aliphatic rings. The first kappa shape index (κ1) is 15.9. The van der Waals surface area contributed by atoms with Crippen LogP contribution in [0.25, 0.3) is 0 Å². The molecule has 0 atom stereocenters. The molecule has 21 heavy (non-hydrogen) atoms. The number of nitrogen functional groups attached to an aromatic ring is 1. The van der Waals surface area contributed by atoms with Gasteiger partial charge in [0.25, 0.3) is 5.56 Å². The molecule has 0 spiro atoms. The van der Waals surface area contributed by atoms with E-state index in [1.807, 2.05) is 6.92 Å². The average Bonchev–Trinajstić information content (AvgIpc) is 2.47. The van der Waals surface area contributed by atoms with Gasteiger partial charge in [-0.15, -0.1) is 0 Å². The minimum Gasteiger partial charge on any atom is -0.393 e. The predicted octanol–water partition coefficient (Wildman–Crippen LogP) is 1.54. The van der Waals surface area contributed by atoms with Crippen molar-refractivity contribution in [1.29, 1.82) is 0 Å². The topological polar surface area (TPSA) is 54.5 Å². The Balaban J connectivity index is 2.28. The van der Waals surface area contributed by atoms with Crippen LogP contribution in [0.2, 0.25) is 0 Å². The van der Waals surface area contributed by atoms with E-state index >= 15 is 0 Å². The van der Waals surface area contributed by atoms with E-state index in [0.29, 0.717) is 11.6 Å². The van der Waals surface area contributed by atoms with Crippen molar-refractivity contribution in [2.75, 3.05) is 43.4 Å². The van der Waals surface area contributed by atoms with Crippen LogP contribution in [0.5, 0.6) is 0 Å². The van der Waals surface area contributed by atoms with Gasteiger partial charge in [0.2, 0.25) is 0 Å². The van der Waals surface area contributed by atoms with Crippen LogP contribution >= 0.6 is 0 Å². The summed E-state index contributed by atoms with van der Waals surface area (Å²) in [7, 11) is 0. The predicted molar refractivity (Wildman–Crippen MR) is 89.0 cm³/mol. The molecule has 2 N–H and O–H groups in total. The summed E-state index contributed by atoms with van der Waals surface area (Å²) < 4.78 is 1.80. The van der Waals surface area contributed by atoms with Gasteiger partial charge < -0.3 is 20.1 Å². The van der Waals surface area contributed by atoms with E-state index in [0.717, 1.165) is 50.6 Å². The second-order valence-electron chi connectivity index (χ2n) is 6.32. The Morgan fingerprint density at radius 1 is 1.24 bits per heavy atom. The lowest BCUT2D eigenvalue weighted by Crippen LogP contribution is -2.47. The summed E-state index contributed by atoms with van der Waals surface area (Å²) in [4.78, 5) is 17.2. The standard InChI is InChI=1S/C16H28N4O/c1-5-18-6-8-19(9-7-18)14-10-13(4)20(11-12(2)3)16(21)15(14)17/h10,12H,5-9,11,17H2,1-4H3. The Morgan fingerprint density at radius 2 is 1.86 bits per heavy atom. The fourth-order valence-corrected chi connectivity index (χ4v) is 2.93. The minimum absolute atomic E-state index is 0.0448. The van der Waals surface area contributed by atoms with Gasteiger partial charge in [0.05, 0.1) is 5.69 Å². The van der Waals surface area contributed by atoms with Crippen molar-refractivity contribution < 1.29 is 0 Å². The Hall–Kier alpha value is -1.49. The summed E-state index contributed by atoms with van der Waals surface area (Å²) >= 11 is 0. The Kier molecular flexibility index (Phi) is 4.93. The van der Waals surface area contributed by atoms with E-state index in [1.54, 1.807) is 4.57 Å². The van der Waals surface area contributed by atoms with Crippen LogP contribution in [0, 0.1) is 12.8 Å². The van der Waals surface area contributed by atoms with Crippen LogP contribution in [-0.4, -0.2) is 42.2 Å². The highest BCUT2D eigenvalue weighted by Gasteiger charge is 2.20. The van der Waals surface area contributed by atoms with Crippen LogP contribution in [-0.2, 0) is 6.54 Å². The van der Waals surface area contributed by atoms with Gasteiger partial charge in [-0.1, -0.05) is 20.8 Å². The number of nitrogens with zero attached hydrogens (tertiary/aromatic N) is 3. The van der Waals surface area contributed by atoms with Crippen molar-refractivity contribution in [2.24, 2.45) is 5.92 Å². The molecule has 0 unspecified atom stereocenters. The molecule has 0 saturated carbocycles. The molecule has 1 aromatic heterocycles. The van der Waals surface area contributed by atoms with E-state index in [-0.39, 0.29) is 5.56 Å². The molecule has 1 aliphatic heterocycles.